The van der Waals surface area contributed by atoms with Gasteiger partial charge in [-0.1, -0.05) is 13.8 Å². The largest absolute Gasteiger partial charge is 0.485 e. The summed E-state index contributed by atoms with van der Waals surface area (Å²) >= 11 is 0. The minimum atomic E-state index is 0.233. The van der Waals surface area contributed by atoms with E-state index in [1.54, 1.807) is 0 Å². The molecule has 0 saturated heterocycles. The summed E-state index contributed by atoms with van der Waals surface area (Å²) in [5.41, 5.74) is 2.32. The summed E-state index contributed by atoms with van der Waals surface area (Å²) in [5.74, 6) is 1.37. The first-order chi connectivity index (χ1) is 7.99. The average Bonchev–Trinajstić information content (AvgIpc) is 2.26. The molecule has 0 N–H and O–H groups in total. The Hall–Kier alpha value is -1.25. The van der Waals surface area contributed by atoms with Crippen molar-refractivity contribution in [2.75, 3.05) is 11.4 Å². The van der Waals surface area contributed by atoms with E-state index in [9.17, 15) is 0 Å². The maximum Gasteiger partial charge on any atom is 0.161 e. The molecule has 1 aromatic rings. The van der Waals surface area contributed by atoms with Crippen molar-refractivity contribution in [2.24, 2.45) is 0 Å². The first kappa shape index (κ1) is 12.2. The lowest BCUT2D eigenvalue weighted by Crippen LogP contribution is -2.42. The Bertz CT molecular complexity index is 401. The maximum atomic E-state index is 5.84. The van der Waals surface area contributed by atoms with Crippen LogP contribution in [-0.2, 0) is 0 Å². The Labute approximate surface area is 104 Å². The summed E-state index contributed by atoms with van der Waals surface area (Å²) in [6, 6.07) is 2.66. The van der Waals surface area contributed by atoms with Gasteiger partial charge in [0.15, 0.2) is 5.75 Å². The standard InChI is InChI=1S/C14H22N2O/c1-9(2)12-6-13-14(7-15-12)17-11(5)8-16(13)10(3)4/h6-7,9-11H,8H2,1-5H3. The Morgan fingerprint density at radius 3 is 2.65 bits per heavy atom. The van der Waals surface area contributed by atoms with E-state index in [1.807, 2.05) is 6.20 Å². The fourth-order valence-electron chi connectivity index (χ4n) is 2.20. The molecule has 94 valence electrons. The van der Waals surface area contributed by atoms with Gasteiger partial charge in [0.2, 0.25) is 0 Å². The fourth-order valence-corrected chi connectivity index (χ4v) is 2.20. The minimum absolute atomic E-state index is 0.233. The highest BCUT2D eigenvalue weighted by Crippen LogP contribution is 2.35. The van der Waals surface area contributed by atoms with Crippen LogP contribution in [0.2, 0.25) is 0 Å². The molecule has 2 rings (SSSR count). The third-order valence-corrected chi connectivity index (χ3v) is 3.17. The van der Waals surface area contributed by atoms with E-state index >= 15 is 0 Å². The number of anilines is 1. The minimum Gasteiger partial charge on any atom is -0.485 e. The van der Waals surface area contributed by atoms with Crippen molar-refractivity contribution in [1.29, 1.82) is 0 Å². The molecular formula is C14H22N2O. The number of hydrogen-bond donors (Lipinski definition) is 0. The van der Waals surface area contributed by atoms with Crippen molar-refractivity contribution < 1.29 is 4.74 Å². The molecule has 0 fully saturated rings. The zero-order chi connectivity index (χ0) is 12.6. The van der Waals surface area contributed by atoms with Crippen molar-refractivity contribution in [3.63, 3.8) is 0 Å². The number of pyridine rings is 1. The number of ether oxygens (including phenoxy) is 1. The van der Waals surface area contributed by atoms with Crippen molar-refractivity contribution in [3.8, 4) is 5.75 Å². The predicted molar refractivity (Wildman–Crippen MR) is 70.9 cm³/mol. The van der Waals surface area contributed by atoms with E-state index in [1.165, 1.54) is 5.69 Å². The van der Waals surface area contributed by atoms with E-state index in [-0.39, 0.29) is 6.10 Å². The average molecular weight is 234 g/mol. The van der Waals surface area contributed by atoms with Crippen molar-refractivity contribution in [2.45, 2.75) is 52.7 Å². The van der Waals surface area contributed by atoms with Crippen LogP contribution >= 0.6 is 0 Å². The lowest BCUT2D eigenvalue weighted by molar-refractivity contribution is 0.208. The molecule has 0 aromatic carbocycles. The highest BCUT2D eigenvalue weighted by Gasteiger charge is 2.25. The molecule has 0 bridgehead atoms. The number of nitrogens with zero attached hydrogens (tertiary/aromatic N) is 2. The number of fused-ring (bicyclic) bond motifs is 1. The third kappa shape index (κ3) is 2.38. The van der Waals surface area contributed by atoms with Crippen LogP contribution in [0.15, 0.2) is 12.3 Å². The Morgan fingerprint density at radius 2 is 2.06 bits per heavy atom. The predicted octanol–water partition coefficient (Wildman–Crippen LogP) is 3.20. The zero-order valence-electron chi connectivity index (χ0n) is 11.4. The fraction of sp³-hybridized carbons (Fsp3) is 0.643. The lowest BCUT2D eigenvalue weighted by Gasteiger charge is -2.37. The van der Waals surface area contributed by atoms with Gasteiger partial charge in [0, 0.05) is 11.7 Å². The van der Waals surface area contributed by atoms with Gasteiger partial charge >= 0.3 is 0 Å². The second kappa shape index (κ2) is 4.55. The Morgan fingerprint density at radius 1 is 1.35 bits per heavy atom. The smallest absolute Gasteiger partial charge is 0.161 e. The second-order valence-corrected chi connectivity index (χ2v) is 5.41. The van der Waals surface area contributed by atoms with Gasteiger partial charge in [0.05, 0.1) is 18.4 Å². The third-order valence-electron chi connectivity index (χ3n) is 3.17. The van der Waals surface area contributed by atoms with Gasteiger partial charge in [-0.25, -0.2) is 0 Å². The van der Waals surface area contributed by atoms with Gasteiger partial charge < -0.3 is 9.64 Å². The Kier molecular flexibility index (Phi) is 3.27. The summed E-state index contributed by atoms with van der Waals surface area (Å²) in [7, 11) is 0. The topological polar surface area (TPSA) is 25.4 Å². The molecule has 1 aromatic heterocycles. The van der Waals surface area contributed by atoms with Crippen LogP contribution in [0.1, 0.15) is 46.2 Å². The van der Waals surface area contributed by atoms with Crippen LogP contribution in [0, 0.1) is 0 Å². The molecule has 17 heavy (non-hydrogen) atoms. The number of aromatic nitrogens is 1. The summed E-state index contributed by atoms with van der Waals surface area (Å²) in [5, 5.41) is 0. The first-order valence-electron chi connectivity index (χ1n) is 6.42. The number of hydrogen-bond acceptors (Lipinski definition) is 3. The summed E-state index contributed by atoms with van der Waals surface area (Å²) in [6.45, 7) is 11.8. The second-order valence-electron chi connectivity index (χ2n) is 5.41. The Balaban J connectivity index is 2.42. The van der Waals surface area contributed by atoms with Gasteiger partial charge in [0.1, 0.15) is 6.10 Å². The highest BCUT2D eigenvalue weighted by atomic mass is 16.5. The maximum absolute atomic E-state index is 5.84. The summed E-state index contributed by atoms with van der Waals surface area (Å²) in [4.78, 5) is 6.87. The van der Waals surface area contributed by atoms with E-state index in [0.717, 1.165) is 18.0 Å². The van der Waals surface area contributed by atoms with Crippen LogP contribution in [0.25, 0.3) is 0 Å². The molecule has 0 spiro atoms. The zero-order valence-corrected chi connectivity index (χ0v) is 11.4. The van der Waals surface area contributed by atoms with Crippen molar-refractivity contribution >= 4 is 5.69 Å². The van der Waals surface area contributed by atoms with Crippen molar-refractivity contribution in [3.05, 3.63) is 18.0 Å². The van der Waals surface area contributed by atoms with Crippen LogP contribution in [0.4, 0.5) is 5.69 Å². The molecule has 3 heteroatoms. The van der Waals surface area contributed by atoms with Gasteiger partial charge in [-0.2, -0.15) is 0 Å². The number of rotatable bonds is 2. The molecule has 1 aliphatic rings. The molecular weight excluding hydrogens is 212 g/mol. The molecule has 1 atom stereocenters. The van der Waals surface area contributed by atoms with Crippen molar-refractivity contribution in [1.82, 2.24) is 4.98 Å². The van der Waals surface area contributed by atoms with E-state index in [2.05, 4.69) is 50.6 Å². The molecule has 0 amide bonds. The van der Waals surface area contributed by atoms with Gasteiger partial charge in [0.25, 0.3) is 0 Å². The van der Waals surface area contributed by atoms with E-state index < -0.39 is 0 Å². The first-order valence-corrected chi connectivity index (χ1v) is 6.42. The summed E-state index contributed by atoms with van der Waals surface area (Å²) < 4.78 is 5.84. The summed E-state index contributed by atoms with van der Waals surface area (Å²) in [6.07, 6.45) is 2.10. The van der Waals surface area contributed by atoms with E-state index in [4.69, 9.17) is 4.74 Å². The quantitative estimate of drug-likeness (QED) is 0.785. The molecule has 0 aliphatic carbocycles. The van der Waals surface area contributed by atoms with Gasteiger partial charge in [-0.05, 0) is 32.8 Å². The molecule has 0 radical (unpaired) electrons. The van der Waals surface area contributed by atoms with Gasteiger partial charge in [-0.3, -0.25) is 4.98 Å². The molecule has 1 unspecified atom stereocenters. The monoisotopic (exact) mass is 234 g/mol. The molecule has 3 nitrogen and oxygen atoms in total. The molecule has 2 heterocycles. The lowest BCUT2D eigenvalue weighted by atomic mass is 10.1. The molecule has 1 aliphatic heterocycles. The van der Waals surface area contributed by atoms with Crippen LogP contribution in [0.5, 0.6) is 5.75 Å². The van der Waals surface area contributed by atoms with Gasteiger partial charge in [-0.15, -0.1) is 0 Å². The SMILES string of the molecule is CC1CN(C(C)C)c2cc(C(C)C)ncc2O1. The van der Waals surface area contributed by atoms with Crippen LogP contribution in [-0.4, -0.2) is 23.7 Å². The van der Waals surface area contributed by atoms with E-state index in [0.29, 0.717) is 12.0 Å². The normalized spacial score (nSPS) is 19.5. The van der Waals surface area contributed by atoms with Crippen LogP contribution in [0.3, 0.4) is 0 Å². The highest BCUT2D eigenvalue weighted by molar-refractivity contribution is 5.60. The van der Waals surface area contributed by atoms with Crippen LogP contribution < -0.4 is 9.64 Å². The molecule has 0 saturated carbocycles.